The zero-order valence-corrected chi connectivity index (χ0v) is 20.5. The highest BCUT2D eigenvalue weighted by atomic mass is 79.9. The maximum Gasteiger partial charge on any atom is 0.231 e. The number of halogens is 1. The number of hydrogen-bond acceptors (Lipinski definition) is 7. The first-order valence-electron chi connectivity index (χ1n) is 11.1. The maximum atomic E-state index is 11.0. The molecule has 3 aromatic rings. The third-order valence-electron chi connectivity index (χ3n) is 5.94. The predicted molar refractivity (Wildman–Crippen MR) is 132 cm³/mol. The molecule has 2 aliphatic heterocycles. The molecular formula is C26H25BrN2O5. The van der Waals surface area contributed by atoms with E-state index in [9.17, 15) is 5.11 Å². The van der Waals surface area contributed by atoms with Gasteiger partial charge in [0, 0.05) is 33.8 Å². The summed E-state index contributed by atoms with van der Waals surface area (Å²) in [6.07, 6.45) is 0.164. The van der Waals surface area contributed by atoms with Crippen LogP contribution in [0.2, 0.25) is 0 Å². The second kappa shape index (κ2) is 9.56. The van der Waals surface area contributed by atoms with Crippen molar-refractivity contribution < 1.29 is 24.1 Å². The van der Waals surface area contributed by atoms with Crippen LogP contribution in [0, 0.1) is 0 Å². The molecule has 0 aromatic heterocycles. The first kappa shape index (κ1) is 22.6. The highest BCUT2D eigenvalue weighted by molar-refractivity contribution is 9.10. The molecule has 2 N–H and O–H groups in total. The number of fused-ring (bicyclic) bond motifs is 1. The Morgan fingerprint density at radius 1 is 1.06 bits per heavy atom. The van der Waals surface area contributed by atoms with Crippen LogP contribution in [0.25, 0.3) is 0 Å². The molecule has 0 fully saturated rings. The van der Waals surface area contributed by atoms with Gasteiger partial charge in [0.15, 0.2) is 23.0 Å². The van der Waals surface area contributed by atoms with Gasteiger partial charge in [0.1, 0.15) is 11.9 Å². The fourth-order valence-corrected chi connectivity index (χ4v) is 4.71. The molecule has 0 bridgehead atoms. The number of aliphatic imine (C=N–C) groups is 1. The zero-order chi connectivity index (χ0) is 23.7. The monoisotopic (exact) mass is 524 g/mol. The highest BCUT2D eigenvalue weighted by Gasteiger charge is 2.30. The summed E-state index contributed by atoms with van der Waals surface area (Å²) in [7, 11) is 1.65. The summed E-state index contributed by atoms with van der Waals surface area (Å²) in [5, 5.41) is 14.6. The molecule has 2 atom stereocenters. The average Bonchev–Trinajstić information content (AvgIpc) is 3.33. The molecule has 3 aromatic carbocycles. The molecule has 176 valence electrons. The topological polar surface area (TPSA) is 81.5 Å². The molecular weight excluding hydrogens is 500 g/mol. The lowest BCUT2D eigenvalue weighted by molar-refractivity contribution is 0.174. The molecule has 0 aliphatic carbocycles. The summed E-state index contributed by atoms with van der Waals surface area (Å²) in [6.45, 7) is 2.58. The largest absolute Gasteiger partial charge is 0.504 e. The van der Waals surface area contributed by atoms with Gasteiger partial charge in [-0.05, 0) is 55.0 Å². The summed E-state index contributed by atoms with van der Waals surface area (Å²) >= 11 is 3.57. The van der Waals surface area contributed by atoms with Crippen molar-refractivity contribution in [3.8, 4) is 28.7 Å². The van der Waals surface area contributed by atoms with Crippen LogP contribution in [-0.2, 0) is 0 Å². The van der Waals surface area contributed by atoms with Crippen LogP contribution in [-0.4, -0.2) is 31.3 Å². The second-order valence-corrected chi connectivity index (χ2v) is 8.90. The number of ether oxygens (including phenoxy) is 4. The SMILES string of the molecule is CCOc1cccc([C@H]2CC(c3ccc4c(c3)OCO4)=N[C@H](c3cc(Br)ccc3OC)N2)c1O. The van der Waals surface area contributed by atoms with E-state index < -0.39 is 6.17 Å². The number of aromatic hydroxyl groups is 1. The predicted octanol–water partition coefficient (Wildman–Crippen LogP) is 5.51. The Balaban J connectivity index is 1.59. The molecule has 0 amide bonds. The number of para-hydroxylation sites is 1. The first-order chi connectivity index (χ1) is 16.6. The van der Waals surface area contributed by atoms with Gasteiger partial charge >= 0.3 is 0 Å². The Morgan fingerprint density at radius 2 is 1.91 bits per heavy atom. The van der Waals surface area contributed by atoms with Gasteiger partial charge in [-0.15, -0.1) is 0 Å². The van der Waals surface area contributed by atoms with Gasteiger partial charge in [-0.25, -0.2) is 0 Å². The Bertz CT molecular complexity index is 1250. The number of nitrogens with one attached hydrogen (secondary N) is 1. The number of rotatable bonds is 6. The van der Waals surface area contributed by atoms with Crippen molar-refractivity contribution >= 4 is 21.6 Å². The van der Waals surface area contributed by atoms with E-state index in [0.29, 0.717) is 24.5 Å². The summed E-state index contributed by atoms with van der Waals surface area (Å²) in [5.74, 6) is 2.75. The van der Waals surface area contributed by atoms with Crippen molar-refractivity contribution in [2.75, 3.05) is 20.5 Å². The third kappa shape index (κ3) is 4.31. The van der Waals surface area contributed by atoms with E-state index in [2.05, 4.69) is 21.2 Å². The molecule has 0 spiro atoms. The number of benzene rings is 3. The van der Waals surface area contributed by atoms with E-state index >= 15 is 0 Å². The van der Waals surface area contributed by atoms with E-state index in [1.807, 2.05) is 55.5 Å². The minimum absolute atomic E-state index is 0.133. The van der Waals surface area contributed by atoms with Gasteiger partial charge in [-0.1, -0.05) is 28.1 Å². The third-order valence-corrected chi connectivity index (χ3v) is 6.43. The second-order valence-electron chi connectivity index (χ2n) is 7.98. The Morgan fingerprint density at radius 3 is 2.74 bits per heavy atom. The minimum Gasteiger partial charge on any atom is -0.504 e. The normalized spacial score (nSPS) is 19.0. The molecule has 0 saturated carbocycles. The van der Waals surface area contributed by atoms with E-state index in [4.69, 9.17) is 23.9 Å². The molecule has 2 heterocycles. The van der Waals surface area contributed by atoms with Crippen LogP contribution in [0.1, 0.15) is 42.2 Å². The lowest BCUT2D eigenvalue weighted by Gasteiger charge is -2.32. The summed E-state index contributed by atoms with van der Waals surface area (Å²) < 4.78 is 23.3. The van der Waals surface area contributed by atoms with Crippen LogP contribution in [0.5, 0.6) is 28.7 Å². The zero-order valence-electron chi connectivity index (χ0n) is 18.9. The minimum atomic E-state index is -0.401. The molecule has 0 saturated heterocycles. The van der Waals surface area contributed by atoms with E-state index in [0.717, 1.165) is 38.4 Å². The summed E-state index contributed by atoms with van der Waals surface area (Å²) in [4.78, 5) is 5.06. The number of phenols is 1. The van der Waals surface area contributed by atoms with Gasteiger partial charge in [-0.2, -0.15) is 0 Å². The van der Waals surface area contributed by atoms with Gasteiger partial charge in [0.05, 0.1) is 13.7 Å². The van der Waals surface area contributed by atoms with Crippen LogP contribution in [0.3, 0.4) is 0 Å². The number of methoxy groups -OCH3 is 1. The highest BCUT2D eigenvalue weighted by Crippen LogP contribution is 2.41. The van der Waals surface area contributed by atoms with Crippen LogP contribution < -0.4 is 24.3 Å². The average molecular weight is 525 g/mol. The first-order valence-corrected chi connectivity index (χ1v) is 11.9. The van der Waals surface area contributed by atoms with E-state index in [-0.39, 0.29) is 18.6 Å². The van der Waals surface area contributed by atoms with E-state index in [1.165, 1.54) is 0 Å². The molecule has 7 nitrogen and oxygen atoms in total. The van der Waals surface area contributed by atoms with Crippen LogP contribution in [0.15, 0.2) is 64.1 Å². The van der Waals surface area contributed by atoms with Crippen LogP contribution >= 0.6 is 15.9 Å². The fraction of sp³-hybridized carbons (Fsp3) is 0.269. The van der Waals surface area contributed by atoms with Gasteiger partial charge in [0.2, 0.25) is 6.79 Å². The molecule has 5 rings (SSSR count). The Labute approximate surface area is 206 Å². The number of phenolic OH excluding ortho intramolecular Hbond substituents is 1. The Kier molecular flexibility index (Phi) is 6.34. The molecule has 8 heteroatoms. The lowest BCUT2D eigenvalue weighted by Crippen LogP contribution is -2.33. The number of hydrogen-bond donors (Lipinski definition) is 2. The standard InChI is InChI=1S/C26H25BrN2O5/c1-3-32-23-6-4-5-17(25(23)30)20-13-19(15-7-9-22-24(11-15)34-14-33-22)28-26(29-20)18-12-16(27)8-10-21(18)31-2/h4-12,20,26,29-30H,3,13-14H2,1-2H3/t20-,26+/m1/s1. The van der Waals surface area contributed by atoms with Crippen molar-refractivity contribution in [1.29, 1.82) is 0 Å². The van der Waals surface area contributed by atoms with Crippen molar-refractivity contribution in [1.82, 2.24) is 5.32 Å². The molecule has 2 aliphatic rings. The van der Waals surface area contributed by atoms with Gasteiger partial charge in [-0.3, -0.25) is 10.3 Å². The lowest BCUT2D eigenvalue weighted by atomic mass is 9.93. The van der Waals surface area contributed by atoms with Crippen LogP contribution in [0.4, 0.5) is 0 Å². The Hall–Kier alpha value is -3.23. The quantitative estimate of drug-likeness (QED) is 0.442. The molecule has 0 unspecified atom stereocenters. The van der Waals surface area contributed by atoms with E-state index in [1.54, 1.807) is 13.2 Å². The smallest absolute Gasteiger partial charge is 0.231 e. The van der Waals surface area contributed by atoms with Crippen molar-refractivity contribution in [3.05, 3.63) is 75.8 Å². The maximum absolute atomic E-state index is 11.0. The molecule has 34 heavy (non-hydrogen) atoms. The fourth-order valence-electron chi connectivity index (χ4n) is 4.33. The summed E-state index contributed by atoms with van der Waals surface area (Å²) in [6, 6.07) is 17.0. The van der Waals surface area contributed by atoms with Gasteiger partial charge < -0.3 is 24.1 Å². The molecule has 0 radical (unpaired) electrons. The summed E-state index contributed by atoms with van der Waals surface area (Å²) in [5.41, 5.74) is 3.46. The van der Waals surface area contributed by atoms with Crippen molar-refractivity contribution in [2.24, 2.45) is 4.99 Å². The number of nitrogens with zero attached hydrogens (tertiary/aromatic N) is 1. The van der Waals surface area contributed by atoms with Gasteiger partial charge in [0.25, 0.3) is 0 Å². The van der Waals surface area contributed by atoms with Crippen molar-refractivity contribution in [3.63, 3.8) is 0 Å². The van der Waals surface area contributed by atoms with Crippen molar-refractivity contribution in [2.45, 2.75) is 25.6 Å².